The highest BCUT2D eigenvalue weighted by molar-refractivity contribution is 6.04. The van der Waals surface area contributed by atoms with Crippen molar-refractivity contribution in [2.75, 3.05) is 11.9 Å². The van der Waals surface area contributed by atoms with Crippen LogP contribution in [0.1, 0.15) is 42.2 Å². The first kappa shape index (κ1) is 14.3. The molecule has 20 heavy (non-hydrogen) atoms. The second-order valence-corrected chi connectivity index (χ2v) is 4.73. The van der Waals surface area contributed by atoms with E-state index in [-0.39, 0.29) is 11.9 Å². The third kappa shape index (κ3) is 3.48. The highest BCUT2D eigenvalue weighted by atomic mass is 16.3. The van der Waals surface area contributed by atoms with E-state index < -0.39 is 0 Å². The Labute approximate surface area is 119 Å². The Hall–Kier alpha value is -2.07. The van der Waals surface area contributed by atoms with Gasteiger partial charge in [0, 0.05) is 11.7 Å². The van der Waals surface area contributed by atoms with Crippen LogP contribution in [-0.2, 0) is 0 Å². The van der Waals surface area contributed by atoms with Crippen LogP contribution < -0.4 is 10.6 Å². The number of furan rings is 1. The van der Waals surface area contributed by atoms with Crippen molar-refractivity contribution in [2.45, 2.75) is 26.3 Å². The molecule has 0 saturated carbocycles. The number of anilines is 1. The van der Waals surface area contributed by atoms with Gasteiger partial charge in [-0.05, 0) is 37.6 Å². The van der Waals surface area contributed by atoms with E-state index in [1.165, 1.54) is 12.5 Å². The van der Waals surface area contributed by atoms with E-state index >= 15 is 0 Å². The smallest absolute Gasteiger partial charge is 0.258 e. The van der Waals surface area contributed by atoms with E-state index in [0.29, 0.717) is 5.56 Å². The van der Waals surface area contributed by atoms with Crippen LogP contribution in [0.5, 0.6) is 0 Å². The average molecular weight is 272 g/mol. The van der Waals surface area contributed by atoms with Crippen LogP contribution in [0.3, 0.4) is 0 Å². The Morgan fingerprint density at radius 2 is 2.10 bits per heavy atom. The van der Waals surface area contributed by atoms with Gasteiger partial charge < -0.3 is 15.1 Å². The predicted molar refractivity (Wildman–Crippen MR) is 79.8 cm³/mol. The van der Waals surface area contributed by atoms with Gasteiger partial charge in [-0.2, -0.15) is 0 Å². The van der Waals surface area contributed by atoms with E-state index in [9.17, 15) is 4.79 Å². The molecular formula is C16H20N2O2. The molecule has 2 aromatic rings. The minimum atomic E-state index is -0.158. The summed E-state index contributed by atoms with van der Waals surface area (Å²) in [6.07, 6.45) is 4.01. The molecule has 0 aliphatic heterocycles. The third-order valence-electron chi connectivity index (χ3n) is 3.16. The predicted octanol–water partition coefficient (Wildman–Crippen LogP) is 3.59. The standard InChI is InChI=1S/C16H20N2O2/c1-3-9-17-12(2)14-6-4-5-7-15(14)18-16(19)13-8-10-20-11-13/h4-8,10-12,17H,3,9H2,1-2H3,(H,18,19). The molecule has 1 unspecified atom stereocenters. The van der Waals surface area contributed by atoms with E-state index in [4.69, 9.17) is 4.42 Å². The summed E-state index contributed by atoms with van der Waals surface area (Å²) in [5.74, 6) is -0.158. The van der Waals surface area contributed by atoms with Gasteiger partial charge in [-0.15, -0.1) is 0 Å². The molecule has 4 heteroatoms. The molecule has 0 aliphatic rings. The highest BCUT2D eigenvalue weighted by Gasteiger charge is 2.13. The summed E-state index contributed by atoms with van der Waals surface area (Å²) >= 11 is 0. The summed E-state index contributed by atoms with van der Waals surface area (Å²) in [5, 5.41) is 6.36. The number of carbonyl (C=O) groups is 1. The number of nitrogens with one attached hydrogen (secondary N) is 2. The molecule has 0 spiro atoms. The van der Waals surface area contributed by atoms with Gasteiger partial charge in [-0.3, -0.25) is 4.79 Å². The zero-order valence-corrected chi connectivity index (χ0v) is 11.8. The van der Waals surface area contributed by atoms with Crippen LogP contribution in [0.25, 0.3) is 0 Å². The number of amides is 1. The van der Waals surface area contributed by atoms with Crippen molar-refractivity contribution in [3.05, 3.63) is 54.0 Å². The summed E-state index contributed by atoms with van der Waals surface area (Å²) in [6.45, 7) is 5.18. The topological polar surface area (TPSA) is 54.3 Å². The van der Waals surface area contributed by atoms with E-state index in [2.05, 4.69) is 24.5 Å². The first-order chi connectivity index (χ1) is 9.72. The van der Waals surface area contributed by atoms with Gasteiger partial charge in [0.15, 0.2) is 0 Å². The zero-order valence-electron chi connectivity index (χ0n) is 11.8. The van der Waals surface area contributed by atoms with E-state index in [1.807, 2.05) is 24.3 Å². The van der Waals surface area contributed by atoms with Gasteiger partial charge >= 0.3 is 0 Å². The first-order valence-electron chi connectivity index (χ1n) is 6.88. The fraction of sp³-hybridized carbons (Fsp3) is 0.312. The van der Waals surface area contributed by atoms with Crippen molar-refractivity contribution in [3.8, 4) is 0 Å². The van der Waals surface area contributed by atoms with Crippen LogP contribution in [0.15, 0.2) is 47.3 Å². The molecule has 1 aromatic heterocycles. The molecule has 2 N–H and O–H groups in total. The molecule has 0 fully saturated rings. The maximum atomic E-state index is 12.1. The van der Waals surface area contributed by atoms with Crippen molar-refractivity contribution in [2.24, 2.45) is 0 Å². The third-order valence-corrected chi connectivity index (χ3v) is 3.16. The zero-order chi connectivity index (χ0) is 14.4. The molecular weight excluding hydrogens is 252 g/mol. The Morgan fingerprint density at radius 3 is 2.80 bits per heavy atom. The fourth-order valence-electron chi connectivity index (χ4n) is 2.05. The lowest BCUT2D eigenvalue weighted by molar-refractivity contribution is 0.102. The van der Waals surface area contributed by atoms with Crippen molar-refractivity contribution >= 4 is 11.6 Å². The molecule has 0 bridgehead atoms. The number of hydrogen-bond donors (Lipinski definition) is 2. The quantitative estimate of drug-likeness (QED) is 0.845. The SMILES string of the molecule is CCCNC(C)c1ccccc1NC(=O)c1ccoc1. The van der Waals surface area contributed by atoms with Crippen molar-refractivity contribution in [1.82, 2.24) is 5.32 Å². The van der Waals surface area contributed by atoms with E-state index in [0.717, 1.165) is 24.2 Å². The van der Waals surface area contributed by atoms with Gasteiger partial charge in [0.2, 0.25) is 0 Å². The van der Waals surface area contributed by atoms with Crippen molar-refractivity contribution in [1.29, 1.82) is 0 Å². The molecule has 1 heterocycles. The molecule has 106 valence electrons. The largest absolute Gasteiger partial charge is 0.472 e. The molecule has 4 nitrogen and oxygen atoms in total. The molecule has 0 aliphatic carbocycles. The van der Waals surface area contributed by atoms with Crippen LogP contribution in [0, 0.1) is 0 Å². The highest BCUT2D eigenvalue weighted by Crippen LogP contribution is 2.23. The molecule has 1 atom stereocenters. The monoisotopic (exact) mass is 272 g/mol. The maximum Gasteiger partial charge on any atom is 0.258 e. The van der Waals surface area contributed by atoms with Crippen LogP contribution in [0.2, 0.25) is 0 Å². The molecule has 1 aromatic carbocycles. The number of rotatable bonds is 6. The van der Waals surface area contributed by atoms with Crippen molar-refractivity contribution in [3.63, 3.8) is 0 Å². The first-order valence-corrected chi connectivity index (χ1v) is 6.88. The second-order valence-electron chi connectivity index (χ2n) is 4.73. The van der Waals surface area contributed by atoms with E-state index in [1.54, 1.807) is 6.07 Å². The number of hydrogen-bond acceptors (Lipinski definition) is 3. The van der Waals surface area contributed by atoms with Crippen LogP contribution in [0.4, 0.5) is 5.69 Å². The Bertz CT molecular complexity index is 549. The second kappa shape index (κ2) is 6.91. The van der Waals surface area contributed by atoms with Gasteiger partial charge in [0.25, 0.3) is 5.91 Å². The summed E-state index contributed by atoms with van der Waals surface area (Å²) in [5.41, 5.74) is 2.43. The Kier molecular flexibility index (Phi) is 4.96. The number of benzene rings is 1. The number of para-hydroxylation sites is 1. The summed E-state index contributed by atoms with van der Waals surface area (Å²) < 4.78 is 4.93. The normalized spacial score (nSPS) is 12.1. The lowest BCUT2D eigenvalue weighted by Crippen LogP contribution is -2.21. The minimum Gasteiger partial charge on any atom is -0.472 e. The van der Waals surface area contributed by atoms with Gasteiger partial charge in [-0.1, -0.05) is 25.1 Å². The molecule has 1 amide bonds. The fourth-order valence-corrected chi connectivity index (χ4v) is 2.05. The summed E-state index contributed by atoms with van der Waals surface area (Å²) in [6, 6.07) is 9.68. The lowest BCUT2D eigenvalue weighted by atomic mass is 10.1. The molecule has 0 radical (unpaired) electrons. The maximum absolute atomic E-state index is 12.1. The van der Waals surface area contributed by atoms with Crippen molar-refractivity contribution < 1.29 is 9.21 Å². The van der Waals surface area contributed by atoms with Gasteiger partial charge in [-0.25, -0.2) is 0 Å². The summed E-state index contributed by atoms with van der Waals surface area (Å²) in [4.78, 5) is 12.1. The molecule has 0 saturated heterocycles. The minimum absolute atomic E-state index is 0.158. The Balaban J connectivity index is 2.13. The molecule has 2 rings (SSSR count). The number of carbonyl (C=O) groups excluding carboxylic acids is 1. The van der Waals surface area contributed by atoms with Gasteiger partial charge in [0.05, 0.1) is 11.8 Å². The Morgan fingerprint density at radius 1 is 1.30 bits per heavy atom. The van der Waals surface area contributed by atoms with Gasteiger partial charge in [0.1, 0.15) is 6.26 Å². The van der Waals surface area contributed by atoms with Crippen LogP contribution >= 0.6 is 0 Å². The average Bonchev–Trinajstić information content (AvgIpc) is 2.99. The summed E-state index contributed by atoms with van der Waals surface area (Å²) in [7, 11) is 0. The van der Waals surface area contributed by atoms with Crippen LogP contribution in [-0.4, -0.2) is 12.5 Å². The lowest BCUT2D eigenvalue weighted by Gasteiger charge is -2.18.